The average molecular weight is 456 g/mol. The number of aromatic nitrogens is 4. The zero-order chi connectivity index (χ0) is 23.1. The topological polar surface area (TPSA) is 95.3 Å². The summed E-state index contributed by atoms with van der Waals surface area (Å²) >= 11 is 1.51. The van der Waals surface area contributed by atoms with Crippen LogP contribution in [0, 0.1) is 13.8 Å². The van der Waals surface area contributed by atoms with E-state index < -0.39 is 5.91 Å². The molecule has 0 bridgehead atoms. The summed E-state index contributed by atoms with van der Waals surface area (Å²) in [6.45, 7) is 4.01. The summed E-state index contributed by atoms with van der Waals surface area (Å²) in [5, 5.41) is 10.1. The van der Waals surface area contributed by atoms with Gasteiger partial charge in [-0.1, -0.05) is 53.7 Å². The number of benzene rings is 3. The molecule has 0 saturated heterocycles. The van der Waals surface area contributed by atoms with Crippen molar-refractivity contribution in [1.29, 1.82) is 0 Å². The second-order valence-electron chi connectivity index (χ2n) is 7.92. The van der Waals surface area contributed by atoms with Crippen LogP contribution in [0.25, 0.3) is 22.4 Å². The predicted molar refractivity (Wildman–Crippen MR) is 130 cm³/mol. The number of carbonyl (C=O) groups is 1. The Morgan fingerprint density at radius 1 is 1.00 bits per heavy atom. The van der Waals surface area contributed by atoms with Gasteiger partial charge in [-0.05, 0) is 55.3 Å². The molecule has 7 nitrogen and oxygen atoms in total. The van der Waals surface area contributed by atoms with Gasteiger partial charge in [-0.2, -0.15) is 0 Å². The maximum atomic E-state index is 13.5. The highest BCUT2D eigenvalue weighted by Gasteiger charge is 2.19. The Kier molecular flexibility index (Phi) is 5.22. The molecule has 0 aliphatic carbocycles. The first-order valence-electron chi connectivity index (χ1n) is 10.4. The second kappa shape index (κ2) is 8.22. The van der Waals surface area contributed by atoms with Crippen molar-refractivity contribution in [2.45, 2.75) is 24.8 Å². The summed E-state index contributed by atoms with van der Waals surface area (Å²) in [4.78, 5) is 24.8. The number of rotatable bonds is 5. The molecule has 0 atom stereocenters. The van der Waals surface area contributed by atoms with E-state index in [1.807, 2.05) is 66.8 Å². The molecule has 0 aliphatic heterocycles. The first-order chi connectivity index (χ1) is 15.9. The number of para-hydroxylation sites is 1. The van der Waals surface area contributed by atoms with Crippen molar-refractivity contribution in [3.8, 4) is 5.69 Å². The Balaban J connectivity index is 1.65. The van der Waals surface area contributed by atoms with Crippen LogP contribution in [0.1, 0.15) is 27.0 Å². The van der Waals surface area contributed by atoms with Crippen molar-refractivity contribution >= 4 is 34.3 Å². The van der Waals surface area contributed by atoms with E-state index in [0.717, 1.165) is 27.9 Å². The second-order valence-corrected chi connectivity index (χ2v) is 8.86. The van der Waals surface area contributed by atoms with Gasteiger partial charge >= 0.3 is 0 Å². The fraction of sp³-hybridized carbons (Fsp3) is 0.120. The number of hydrogen-bond acceptors (Lipinski definition) is 5. The number of primary amides is 1. The lowest BCUT2D eigenvalue weighted by molar-refractivity contribution is 0.100. The molecule has 0 spiro atoms. The molecule has 2 heterocycles. The van der Waals surface area contributed by atoms with Gasteiger partial charge in [0.2, 0.25) is 11.7 Å². The third-order valence-electron chi connectivity index (χ3n) is 5.59. The van der Waals surface area contributed by atoms with Crippen molar-refractivity contribution < 1.29 is 4.79 Å². The Morgan fingerprint density at radius 3 is 2.48 bits per heavy atom. The van der Waals surface area contributed by atoms with E-state index in [0.29, 0.717) is 27.6 Å². The molecule has 164 valence electrons. The van der Waals surface area contributed by atoms with E-state index in [1.54, 1.807) is 16.7 Å². The summed E-state index contributed by atoms with van der Waals surface area (Å²) in [6, 6.07) is 20.7. The van der Waals surface area contributed by atoms with Gasteiger partial charge < -0.3 is 5.73 Å². The normalized spacial score (nSPS) is 11.3. The van der Waals surface area contributed by atoms with Gasteiger partial charge in [0.15, 0.2) is 5.16 Å². The number of aryl methyl sites for hydroxylation is 2. The van der Waals surface area contributed by atoms with Crippen LogP contribution < -0.4 is 11.3 Å². The van der Waals surface area contributed by atoms with E-state index in [2.05, 4.69) is 16.3 Å². The van der Waals surface area contributed by atoms with Crippen molar-refractivity contribution in [1.82, 2.24) is 19.2 Å². The van der Waals surface area contributed by atoms with Gasteiger partial charge in [-0.25, -0.2) is 4.57 Å². The van der Waals surface area contributed by atoms with Crippen LogP contribution in [0.3, 0.4) is 0 Å². The number of carbonyl (C=O) groups excluding carboxylic acids is 1. The molecule has 0 fully saturated rings. The molecule has 2 N–H and O–H groups in total. The fourth-order valence-electron chi connectivity index (χ4n) is 3.96. The standard InChI is InChI=1S/C25H21N5O2S/c1-15-7-12-20(16(2)13-15)29-23(32)19-5-3-4-6-21(19)30-24(29)27-28-25(30)33-14-17-8-10-18(11-9-17)22(26)31/h3-13H,14H2,1-2H3,(H2,26,31). The summed E-state index contributed by atoms with van der Waals surface area (Å²) in [5.41, 5.74) is 10.4. The SMILES string of the molecule is Cc1ccc(-n2c(=O)c3ccccc3n3c(SCc4ccc(C(N)=O)cc4)nnc23)c(C)c1. The zero-order valence-corrected chi connectivity index (χ0v) is 19.0. The minimum Gasteiger partial charge on any atom is -0.366 e. The zero-order valence-electron chi connectivity index (χ0n) is 18.1. The Labute approximate surface area is 193 Å². The molecule has 8 heteroatoms. The van der Waals surface area contributed by atoms with Crippen LogP contribution in [-0.2, 0) is 5.75 Å². The molecular weight excluding hydrogens is 434 g/mol. The van der Waals surface area contributed by atoms with Gasteiger partial charge in [-0.3, -0.25) is 14.0 Å². The average Bonchev–Trinajstić information content (AvgIpc) is 3.23. The van der Waals surface area contributed by atoms with E-state index in [1.165, 1.54) is 11.8 Å². The third-order valence-corrected chi connectivity index (χ3v) is 6.59. The van der Waals surface area contributed by atoms with Gasteiger partial charge in [0.25, 0.3) is 5.56 Å². The summed E-state index contributed by atoms with van der Waals surface area (Å²) in [7, 11) is 0. The number of fused-ring (bicyclic) bond motifs is 3. The number of amides is 1. The first kappa shape index (κ1) is 21.0. The maximum Gasteiger partial charge on any atom is 0.267 e. The lowest BCUT2D eigenvalue weighted by atomic mass is 10.1. The Bertz CT molecular complexity index is 1590. The highest BCUT2D eigenvalue weighted by molar-refractivity contribution is 7.98. The summed E-state index contributed by atoms with van der Waals surface area (Å²) < 4.78 is 3.56. The highest BCUT2D eigenvalue weighted by atomic mass is 32.2. The van der Waals surface area contributed by atoms with Gasteiger partial charge in [0, 0.05) is 11.3 Å². The van der Waals surface area contributed by atoms with Crippen LogP contribution in [0.2, 0.25) is 0 Å². The molecule has 0 aliphatic rings. The molecule has 5 rings (SSSR count). The quantitative estimate of drug-likeness (QED) is 0.404. The fourth-order valence-corrected chi connectivity index (χ4v) is 4.85. The van der Waals surface area contributed by atoms with Crippen molar-refractivity contribution in [2.75, 3.05) is 0 Å². The van der Waals surface area contributed by atoms with Crippen LogP contribution in [-0.4, -0.2) is 25.1 Å². The third kappa shape index (κ3) is 3.68. The van der Waals surface area contributed by atoms with Crippen molar-refractivity contribution in [3.63, 3.8) is 0 Å². The van der Waals surface area contributed by atoms with Crippen molar-refractivity contribution in [2.24, 2.45) is 5.73 Å². The summed E-state index contributed by atoms with van der Waals surface area (Å²) in [5.74, 6) is 0.641. The molecule has 0 unspecified atom stereocenters. The van der Waals surface area contributed by atoms with Crippen LogP contribution in [0.15, 0.2) is 76.7 Å². The van der Waals surface area contributed by atoms with E-state index in [-0.39, 0.29) is 5.56 Å². The van der Waals surface area contributed by atoms with E-state index in [9.17, 15) is 9.59 Å². The Morgan fingerprint density at radius 2 is 1.76 bits per heavy atom. The molecule has 0 saturated carbocycles. The number of thioether (sulfide) groups is 1. The smallest absolute Gasteiger partial charge is 0.267 e. The molecule has 2 aromatic heterocycles. The monoisotopic (exact) mass is 455 g/mol. The predicted octanol–water partition coefficient (Wildman–Crippen LogP) is 4.04. The number of nitrogens with two attached hydrogens (primary N) is 1. The first-order valence-corrected chi connectivity index (χ1v) is 11.4. The minimum absolute atomic E-state index is 0.129. The summed E-state index contributed by atoms with van der Waals surface area (Å²) in [6.07, 6.45) is 0. The van der Waals surface area contributed by atoms with E-state index in [4.69, 9.17) is 5.73 Å². The molecule has 3 aromatic carbocycles. The minimum atomic E-state index is -0.450. The molecule has 1 amide bonds. The molecule has 33 heavy (non-hydrogen) atoms. The van der Waals surface area contributed by atoms with Gasteiger partial charge in [-0.15, -0.1) is 10.2 Å². The van der Waals surface area contributed by atoms with Crippen LogP contribution in [0.4, 0.5) is 0 Å². The van der Waals surface area contributed by atoms with Gasteiger partial charge in [0.05, 0.1) is 16.6 Å². The number of nitrogens with zero attached hydrogens (tertiary/aromatic N) is 4. The molecule has 5 aromatic rings. The molecule has 0 radical (unpaired) electrons. The lowest BCUT2D eigenvalue weighted by Gasteiger charge is -2.13. The van der Waals surface area contributed by atoms with Crippen LogP contribution >= 0.6 is 11.8 Å². The van der Waals surface area contributed by atoms with Gasteiger partial charge in [0.1, 0.15) is 0 Å². The number of hydrogen-bond donors (Lipinski definition) is 1. The van der Waals surface area contributed by atoms with Crippen LogP contribution in [0.5, 0.6) is 0 Å². The maximum absolute atomic E-state index is 13.5. The molecular formula is C25H21N5O2S. The Hall–Kier alpha value is -3.91. The largest absolute Gasteiger partial charge is 0.366 e. The van der Waals surface area contributed by atoms with E-state index >= 15 is 0 Å². The highest BCUT2D eigenvalue weighted by Crippen LogP contribution is 2.26. The lowest BCUT2D eigenvalue weighted by Crippen LogP contribution is -2.22. The van der Waals surface area contributed by atoms with Crippen molar-refractivity contribution in [3.05, 3.63) is 99.3 Å².